The lowest BCUT2D eigenvalue weighted by molar-refractivity contribution is 1.65. The second-order valence-electron chi connectivity index (χ2n) is 2.81. The summed E-state index contributed by atoms with van der Waals surface area (Å²) in [4.78, 5) is 0. The van der Waals surface area contributed by atoms with E-state index in [1.54, 1.807) is 0 Å². The summed E-state index contributed by atoms with van der Waals surface area (Å²) in [5.74, 6) is 0. The molecule has 6 heavy (non-hydrogen) atoms. The second-order valence-corrected chi connectivity index (χ2v) is 9.93. The highest BCUT2D eigenvalue weighted by molar-refractivity contribution is 6.80. The van der Waals surface area contributed by atoms with E-state index in [9.17, 15) is 0 Å². The topological polar surface area (TPSA) is 0 Å². The van der Waals surface area contributed by atoms with Gasteiger partial charge in [0.05, 0.1) is 0 Å². The second kappa shape index (κ2) is 1.93. The van der Waals surface area contributed by atoms with Crippen molar-refractivity contribution >= 4 is 18.3 Å². The van der Waals surface area contributed by atoms with E-state index in [0.29, 0.717) is 0 Å². The van der Waals surface area contributed by atoms with E-state index < -0.39 is 8.07 Å². The summed E-state index contributed by atoms with van der Waals surface area (Å²) in [6.45, 7) is 7.17. The summed E-state index contributed by atoms with van der Waals surface area (Å²) in [5.41, 5.74) is 1.44. The van der Waals surface area contributed by atoms with Gasteiger partial charge in [-0.05, 0) is 0 Å². The van der Waals surface area contributed by atoms with Crippen LogP contribution in [0.15, 0.2) is 0 Å². The Bertz CT molecular complexity index is 35.3. The zero-order valence-electron chi connectivity index (χ0n) is 4.91. The Morgan fingerprint density at radius 3 is 1.50 bits per heavy atom. The summed E-state index contributed by atoms with van der Waals surface area (Å²) < 4.78 is 0. The summed E-state index contributed by atoms with van der Waals surface area (Å²) in [5, 5.41) is 0. The number of hydrogen-bond donors (Lipinski definition) is 0. The van der Waals surface area contributed by atoms with E-state index in [1.807, 2.05) is 0 Å². The standard InChI is InChI=1S/C4H13Si2/c1-6(2,3)4-5/h4-5H2,1-3H3. The molecule has 0 aliphatic rings. The first kappa shape index (κ1) is 6.43. The van der Waals surface area contributed by atoms with E-state index >= 15 is 0 Å². The van der Waals surface area contributed by atoms with Gasteiger partial charge in [-0.3, -0.25) is 0 Å². The van der Waals surface area contributed by atoms with E-state index in [1.165, 1.54) is 5.67 Å². The van der Waals surface area contributed by atoms with Gasteiger partial charge in [0.2, 0.25) is 0 Å². The maximum absolute atomic E-state index is 2.39. The normalized spacial score (nSPS) is 12.0. The molecule has 1 radical (unpaired) electrons. The van der Waals surface area contributed by atoms with Crippen LogP contribution in [0.1, 0.15) is 0 Å². The van der Waals surface area contributed by atoms with Crippen LogP contribution in [0.3, 0.4) is 0 Å². The van der Waals surface area contributed by atoms with Crippen LogP contribution in [-0.2, 0) is 0 Å². The molecule has 0 amide bonds. The third-order valence-electron chi connectivity index (χ3n) is 0.750. The van der Waals surface area contributed by atoms with Crippen LogP contribution in [0.5, 0.6) is 0 Å². The lowest BCUT2D eigenvalue weighted by atomic mass is 11.8. The Morgan fingerprint density at radius 2 is 1.50 bits per heavy atom. The van der Waals surface area contributed by atoms with Crippen molar-refractivity contribution in [2.75, 3.05) is 0 Å². The van der Waals surface area contributed by atoms with Crippen LogP contribution in [0, 0.1) is 0 Å². The van der Waals surface area contributed by atoms with Crippen LogP contribution in [-0.4, -0.2) is 18.3 Å². The SMILES string of the molecule is C[Si](C)(C)C[SiH2]. The molecule has 0 fully saturated rings. The smallest absolute Gasteiger partial charge is 0.0409 e. The van der Waals surface area contributed by atoms with Crippen molar-refractivity contribution in [1.82, 2.24) is 0 Å². The zero-order valence-corrected chi connectivity index (χ0v) is 7.33. The molecule has 0 N–H and O–H groups in total. The Labute approximate surface area is 44.4 Å². The Kier molecular flexibility index (Phi) is 2.07. The van der Waals surface area contributed by atoms with Gasteiger partial charge in [0.25, 0.3) is 0 Å². The molecule has 0 saturated heterocycles. The molecule has 0 aromatic carbocycles. The van der Waals surface area contributed by atoms with E-state index in [0.717, 1.165) is 0 Å². The minimum atomic E-state index is -0.619. The highest BCUT2D eigenvalue weighted by atomic mass is 28.4. The van der Waals surface area contributed by atoms with Crippen molar-refractivity contribution in [2.24, 2.45) is 0 Å². The van der Waals surface area contributed by atoms with Crippen molar-refractivity contribution in [3.8, 4) is 0 Å². The highest BCUT2D eigenvalue weighted by Gasteiger charge is 2.06. The molecule has 0 saturated carbocycles. The quantitative estimate of drug-likeness (QED) is 0.448. The molecule has 0 bridgehead atoms. The van der Waals surface area contributed by atoms with Crippen LogP contribution in [0.25, 0.3) is 0 Å². The fraction of sp³-hybridized carbons (Fsp3) is 1.00. The molecular weight excluding hydrogens is 104 g/mol. The minimum absolute atomic E-state index is 0.619. The van der Waals surface area contributed by atoms with E-state index in [2.05, 4.69) is 29.9 Å². The van der Waals surface area contributed by atoms with Crippen LogP contribution >= 0.6 is 0 Å². The maximum atomic E-state index is 2.39. The molecule has 0 heterocycles. The van der Waals surface area contributed by atoms with Gasteiger partial charge in [0.1, 0.15) is 0 Å². The molecule has 0 aliphatic heterocycles. The third-order valence-corrected chi connectivity index (χ3v) is 6.75. The fourth-order valence-corrected chi connectivity index (χ4v) is 0. The Morgan fingerprint density at radius 1 is 1.33 bits per heavy atom. The van der Waals surface area contributed by atoms with Gasteiger partial charge in [-0.25, -0.2) is 0 Å². The molecule has 37 valence electrons. The van der Waals surface area contributed by atoms with Gasteiger partial charge in [-0.1, -0.05) is 25.3 Å². The van der Waals surface area contributed by atoms with Gasteiger partial charge < -0.3 is 0 Å². The largest absolute Gasteiger partial charge is 0.0698 e. The number of rotatable bonds is 1. The maximum Gasteiger partial charge on any atom is 0.0409 e. The fourth-order valence-electron chi connectivity index (χ4n) is 0. The summed E-state index contributed by atoms with van der Waals surface area (Å²) >= 11 is 0. The first-order chi connectivity index (χ1) is 2.56. The molecule has 0 aromatic rings. The lowest BCUT2D eigenvalue weighted by Crippen LogP contribution is -2.18. The predicted molar refractivity (Wildman–Crippen MR) is 36.7 cm³/mol. The van der Waals surface area contributed by atoms with Gasteiger partial charge in [-0.15, -0.1) is 0 Å². The van der Waals surface area contributed by atoms with Gasteiger partial charge in [0, 0.05) is 18.3 Å². The van der Waals surface area contributed by atoms with Crippen molar-refractivity contribution in [3.05, 3.63) is 0 Å². The Balaban J connectivity index is 3.17. The zero-order chi connectivity index (χ0) is 5.21. The van der Waals surface area contributed by atoms with Gasteiger partial charge in [0.15, 0.2) is 0 Å². The van der Waals surface area contributed by atoms with Crippen molar-refractivity contribution < 1.29 is 0 Å². The average molecular weight is 117 g/mol. The molecule has 0 nitrogen and oxygen atoms in total. The van der Waals surface area contributed by atoms with Crippen molar-refractivity contribution in [3.63, 3.8) is 0 Å². The molecule has 0 aromatic heterocycles. The third kappa shape index (κ3) is 4.43. The molecule has 0 atom stereocenters. The van der Waals surface area contributed by atoms with Gasteiger partial charge in [-0.2, -0.15) is 0 Å². The first-order valence-electron chi connectivity index (χ1n) is 2.35. The summed E-state index contributed by atoms with van der Waals surface area (Å²) in [6.07, 6.45) is 0. The minimum Gasteiger partial charge on any atom is -0.0698 e. The summed E-state index contributed by atoms with van der Waals surface area (Å²) in [7, 11) is 1.48. The molecule has 0 unspecified atom stereocenters. The monoisotopic (exact) mass is 117 g/mol. The van der Waals surface area contributed by atoms with Crippen LogP contribution in [0.4, 0.5) is 0 Å². The van der Waals surface area contributed by atoms with Crippen LogP contribution in [0.2, 0.25) is 25.3 Å². The number of hydrogen-bond acceptors (Lipinski definition) is 0. The van der Waals surface area contributed by atoms with Crippen LogP contribution < -0.4 is 0 Å². The van der Waals surface area contributed by atoms with Crippen molar-refractivity contribution in [1.29, 1.82) is 0 Å². The molecular formula is C4H13Si2. The molecule has 2 heteroatoms. The predicted octanol–water partition coefficient (Wildman–Crippen LogP) is 0.915. The lowest BCUT2D eigenvalue weighted by Gasteiger charge is -2.09. The highest BCUT2D eigenvalue weighted by Crippen LogP contribution is 2.01. The molecule has 0 rings (SSSR count). The molecule has 0 aliphatic carbocycles. The van der Waals surface area contributed by atoms with Gasteiger partial charge >= 0.3 is 0 Å². The molecule has 0 spiro atoms. The van der Waals surface area contributed by atoms with Crippen molar-refractivity contribution in [2.45, 2.75) is 25.3 Å². The average Bonchev–Trinajstić information content (AvgIpc) is 1.35. The first-order valence-corrected chi connectivity index (χ1v) is 7.06. The van der Waals surface area contributed by atoms with E-state index in [4.69, 9.17) is 0 Å². The summed E-state index contributed by atoms with van der Waals surface area (Å²) in [6, 6.07) is 0. The Hall–Kier alpha value is 0.434. The van der Waals surface area contributed by atoms with E-state index in [-0.39, 0.29) is 0 Å².